The van der Waals surface area contributed by atoms with Gasteiger partial charge in [-0.15, -0.1) is 0 Å². The van der Waals surface area contributed by atoms with Crippen molar-refractivity contribution in [3.63, 3.8) is 0 Å². The van der Waals surface area contributed by atoms with E-state index in [0.717, 1.165) is 29.7 Å². The Balaban J connectivity index is 1.06. The van der Waals surface area contributed by atoms with Crippen LogP contribution in [0.25, 0.3) is 0 Å². The lowest BCUT2D eigenvalue weighted by Crippen LogP contribution is -2.64. The van der Waals surface area contributed by atoms with E-state index >= 15 is 0 Å². The fraction of sp³-hybridized carbons (Fsp3) is 0.351. The highest BCUT2D eigenvalue weighted by Gasteiger charge is 2.61. The molecule has 45 heavy (non-hydrogen) atoms. The molecular formula is C37H39N5O3. The summed E-state index contributed by atoms with van der Waals surface area (Å²) >= 11 is 0. The van der Waals surface area contributed by atoms with E-state index in [0.29, 0.717) is 38.3 Å². The molecule has 2 aliphatic heterocycles. The minimum absolute atomic E-state index is 0.0425. The lowest BCUT2D eigenvalue weighted by Gasteiger charge is -2.50. The van der Waals surface area contributed by atoms with Crippen molar-refractivity contribution in [1.82, 2.24) is 19.6 Å². The number of nitrogens with one attached hydrogen (secondary N) is 1. The zero-order valence-electron chi connectivity index (χ0n) is 25.9. The first-order chi connectivity index (χ1) is 21.7. The summed E-state index contributed by atoms with van der Waals surface area (Å²) in [7, 11) is 0. The number of nitrogens with zero attached hydrogens (tertiary/aromatic N) is 4. The van der Waals surface area contributed by atoms with E-state index < -0.39 is 11.3 Å². The molecule has 1 aliphatic carbocycles. The maximum Gasteiger partial charge on any atom is 0.257 e. The van der Waals surface area contributed by atoms with E-state index in [4.69, 9.17) is 0 Å². The Morgan fingerprint density at radius 2 is 1.40 bits per heavy atom. The molecule has 8 heteroatoms. The van der Waals surface area contributed by atoms with Gasteiger partial charge in [0.1, 0.15) is 0 Å². The van der Waals surface area contributed by atoms with Crippen LogP contribution in [0.2, 0.25) is 0 Å². The van der Waals surface area contributed by atoms with E-state index in [1.54, 1.807) is 22.0 Å². The highest BCUT2D eigenvalue weighted by atomic mass is 16.2. The second-order valence-corrected chi connectivity index (χ2v) is 13.8. The number of anilines is 1. The molecule has 3 aromatic carbocycles. The number of hydrogen-bond acceptors (Lipinski definition) is 4. The summed E-state index contributed by atoms with van der Waals surface area (Å²) in [4.78, 5) is 44.5. The molecule has 3 aliphatic rings. The number of carbonyl (C=O) groups is 3. The second-order valence-electron chi connectivity index (χ2n) is 13.8. The van der Waals surface area contributed by atoms with Crippen molar-refractivity contribution in [2.75, 3.05) is 31.5 Å². The molecule has 0 radical (unpaired) electrons. The Labute approximate surface area is 264 Å². The van der Waals surface area contributed by atoms with Crippen LogP contribution in [0.1, 0.15) is 47.3 Å². The van der Waals surface area contributed by atoms with Gasteiger partial charge in [0.2, 0.25) is 11.8 Å². The predicted molar refractivity (Wildman–Crippen MR) is 172 cm³/mol. The van der Waals surface area contributed by atoms with Crippen molar-refractivity contribution in [3.05, 3.63) is 120 Å². The fourth-order valence-electron chi connectivity index (χ4n) is 7.06. The number of hydrogen-bond donors (Lipinski definition) is 1. The average molecular weight is 602 g/mol. The zero-order valence-corrected chi connectivity index (χ0v) is 25.9. The number of benzene rings is 3. The first-order valence-electron chi connectivity index (χ1n) is 15.8. The van der Waals surface area contributed by atoms with Crippen LogP contribution in [-0.2, 0) is 22.6 Å². The smallest absolute Gasteiger partial charge is 0.257 e. The lowest BCUT2D eigenvalue weighted by molar-refractivity contribution is -0.150. The van der Waals surface area contributed by atoms with Gasteiger partial charge in [0.05, 0.1) is 24.2 Å². The van der Waals surface area contributed by atoms with Crippen molar-refractivity contribution in [2.24, 2.45) is 22.7 Å². The summed E-state index contributed by atoms with van der Waals surface area (Å²) in [5, 5.41) is 7.55. The van der Waals surface area contributed by atoms with Crippen LogP contribution >= 0.6 is 0 Å². The second kappa shape index (κ2) is 11.3. The molecule has 1 N–H and O–H groups in total. The first-order valence-corrected chi connectivity index (χ1v) is 15.8. The van der Waals surface area contributed by atoms with Crippen molar-refractivity contribution in [2.45, 2.75) is 33.2 Å². The molecule has 0 bridgehead atoms. The third-order valence-electron chi connectivity index (χ3n) is 9.93. The molecule has 2 saturated heterocycles. The molecule has 8 nitrogen and oxygen atoms in total. The molecule has 1 aromatic heterocycles. The molecule has 3 heterocycles. The molecule has 7 rings (SSSR count). The van der Waals surface area contributed by atoms with Crippen LogP contribution in [0.4, 0.5) is 5.69 Å². The molecular weight excluding hydrogens is 562 g/mol. The van der Waals surface area contributed by atoms with Gasteiger partial charge in [0.25, 0.3) is 5.91 Å². The fourth-order valence-corrected chi connectivity index (χ4v) is 7.06. The van der Waals surface area contributed by atoms with E-state index in [2.05, 4.69) is 36.4 Å². The summed E-state index contributed by atoms with van der Waals surface area (Å²) in [6.07, 6.45) is 5.10. The molecule has 0 unspecified atom stereocenters. The Hall–Kier alpha value is -4.72. The van der Waals surface area contributed by atoms with Gasteiger partial charge in [-0.3, -0.25) is 19.1 Å². The SMILES string of the molecule is CC1(C)C[C@@H]1C(=O)N1CC2(CN(C(=O)c3cnn(Cc4ccccc4)c3)C[C@@H]2C(=O)Nc2ccc(Cc3ccccc3)cc2)C1. The van der Waals surface area contributed by atoms with Crippen molar-refractivity contribution in [1.29, 1.82) is 0 Å². The Kier molecular flexibility index (Phi) is 7.30. The molecule has 3 amide bonds. The van der Waals surface area contributed by atoms with Gasteiger partial charge >= 0.3 is 0 Å². The van der Waals surface area contributed by atoms with Gasteiger partial charge in [-0.2, -0.15) is 5.10 Å². The van der Waals surface area contributed by atoms with Crippen LogP contribution in [0, 0.1) is 22.7 Å². The van der Waals surface area contributed by atoms with Gasteiger partial charge in [0.15, 0.2) is 0 Å². The van der Waals surface area contributed by atoms with Crippen LogP contribution in [-0.4, -0.2) is 63.5 Å². The van der Waals surface area contributed by atoms with Gasteiger partial charge < -0.3 is 15.1 Å². The zero-order chi connectivity index (χ0) is 31.2. The number of carbonyl (C=O) groups excluding carboxylic acids is 3. The summed E-state index contributed by atoms with van der Waals surface area (Å²) < 4.78 is 1.77. The van der Waals surface area contributed by atoms with E-state index in [-0.39, 0.29) is 29.1 Å². The number of rotatable bonds is 8. The molecule has 2 atom stereocenters. The molecule has 230 valence electrons. The summed E-state index contributed by atoms with van der Waals surface area (Å²) in [5.74, 6) is -0.458. The van der Waals surface area contributed by atoms with E-state index in [1.807, 2.05) is 77.7 Å². The summed E-state index contributed by atoms with van der Waals surface area (Å²) in [6, 6.07) is 28.2. The quantitative estimate of drug-likeness (QED) is 0.304. The molecule has 4 aromatic rings. The predicted octanol–water partition coefficient (Wildman–Crippen LogP) is 5.11. The standard InChI is InChI=1S/C37H39N5O3/c1-36(2)18-31(36)35(45)41-24-37(25-41)23-40(34(44)29-19-38-42(21-29)20-28-11-7-4-8-12-28)22-32(37)33(43)39-30-15-13-27(14-16-30)17-26-9-5-3-6-10-26/h3-16,19,21,31-32H,17-18,20,22-25H2,1-2H3,(H,39,43)/t31-,32-/m1/s1. The van der Waals surface area contributed by atoms with Crippen LogP contribution in [0.5, 0.6) is 0 Å². The van der Waals surface area contributed by atoms with E-state index in [1.165, 1.54) is 5.56 Å². The van der Waals surface area contributed by atoms with Gasteiger partial charge in [-0.25, -0.2) is 0 Å². The maximum atomic E-state index is 13.9. The van der Waals surface area contributed by atoms with Crippen molar-refractivity contribution in [3.8, 4) is 0 Å². The summed E-state index contributed by atoms with van der Waals surface area (Å²) in [6.45, 7) is 6.54. The lowest BCUT2D eigenvalue weighted by atomic mass is 9.71. The minimum atomic E-state index is -0.471. The number of likely N-dealkylation sites (tertiary alicyclic amines) is 2. The maximum absolute atomic E-state index is 13.9. The van der Waals surface area contributed by atoms with Crippen molar-refractivity contribution >= 4 is 23.4 Å². The topological polar surface area (TPSA) is 87.5 Å². The van der Waals surface area contributed by atoms with Gasteiger partial charge in [-0.05, 0) is 47.1 Å². The largest absolute Gasteiger partial charge is 0.341 e. The highest BCUT2D eigenvalue weighted by Crippen LogP contribution is 2.54. The Morgan fingerprint density at radius 3 is 2.04 bits per heavy atom. The van der Waals surface area contributed by atoms with Crippen LogP contribution in [0.15, 0.2) is 97.3 Å². The molecule has 1 saturated carbocycles. The third kappa shape index (κ3) is 5.89. The molecule has 1 spiro atoms. The van der Waals surface area contributed by atoms with E-state index in [9.17, 15) is 14.4 Å². The minimum Gasteiger partial charge on any atom is -0.341 e. The third-order valence-corrected chi connectivity index (χ3v) is 9.93. The monoisotopic (exact) mass is 601 g/mol. The van der Waals surface area contributed by atoms with Crippen molar-refractivity contribution < 1.29 is 14.4 Å². The highest BCUT2D eigenvalue weighted by molar-refractivity contribution is 5.97. The normalized spacial score (nSPS) is 20.9. The van der Waals surface area contributed by atoms with Gasteiger partial charge in [0, 0.05) is 49.4 Å². The molecule has 3 fully saturated rings. The number of aromatic nitrogens is 2. The average Bonchev–Trinajstić information content (AvgIpc) is 3.34. The Bertz CT molecular complexity index is 1710. The van der Waals surface area contributed by atoms with Gasteiger partial charge in [-0.1, -0.05) is 86.6 Å². The van der Waals surface area contributed by atoms with Crippen LogP contribution in [0.3, 0.4) is 0 Å². The number of amides is 3. The first kappa shape index (κ1) is 29.0. The Morgan fingerprint density at radius 1 is 0.800 bits per heavy atom. The summed E-state index contributed by atoms with van der Waals surface area (Å²) in [5.41, 5.74) is 4.30. The van der Waals surface area contributed by atoms with Crippen LogP contribution < -0.4 is 5.32 Å².